The summed E-state index contributed by atoms with van der Waals surface area (Å²) in [5, 5.41) is 10.00. The Morgan fingerprint density at radius 1 is 1.11 bits per heavy atom. The summed E-state index contributed by atoms with van der Waals surface area (Å²) in [6.45, 7) is 0. The number of fused-ring (bicyclic) bond motifs is 1. The Bertz CT molecular complexity index is 719. The molecular formula is C13H9N3O2. The summed E-state index contributed by atoms with van der Waals surface area (Å²) < 4.78 is 0. The van der Waals surface area contributed by atoms with Crippen molar-refractivity contribution in [1.29, 1.82) is 0 Å². The van der Waals surface area contributed by atoms with Crippen LogP contribution in [0, 0.1) is 0 Å². The van der Waals surface area contributed by atoms with Crippen LogP contribution in [0.15, 0.2) is 42.7 Å². The number of carboxylic acid groups (broad SMARTS) is 1. The van der Waals surface area contributed by atoms with Crippen molar-refractivity contribution in [2.24, 2.45) is 0 Å². The van der Waals surface area contributed by atoms with Crippen LogP contribution in [0.1, 0.15) is 10.4 Å². The molecule has 0 bridgehead atoms. The molecule has 0 saturated carbocycles. The zero-order chi connectivity index (χ0) is 12.5. The zero-order valence-corrected chi connectivity index (χ0v) is 9.29. The van der Waals surface area contributed by atoms with Crippen LogP contribution >= 0.6 is 0 Å². The monoisotopic (exact) mass is 239 g/mol. The van der Waals surface area contributed by atoms with Crippen LogP contribution in [0.5, 0.6) is 0 Å². The minimum atomic E-state index is -0.991. The standard InChI is InChI=1S/C13H9N3O2/c17-13(18)10-8-4-1-2-5-9(8)16-11(10)12-14-6-3-7-15-12/h1-7,16H,(H,17,18). The molecule has 2 aromatic heterocycles. The summed E-state index contributed by atoms with van der Waals surface area (Å²) in [5.74, 6) is -0.610. The van der Waals surface area contributed by atoms with Gasteiger partial charge in [-0.25, -0.2) is 14.8 Å². The van der Waals surface area contributed by atoms with E-state index in [2.05, 4.69) is 15.0 Å². The average Bonchev–Trinajstić information content (AvgIpc) is 2.79. The van der Waals surface area contributed by atoms with Gasteiger partial charge in [0.25, 0.3) is 0 Å². The van der Waals surface area contributed by atoms with E-state index < -0.39 is 5.97 Å². The molecule has 0 fully saturated rings. The molecule has 0 saturated heterocycles. The van der Waals surface area contributed by atoms with Gasteiger partial charge in [-0.3, -0.25) is 0 Å². The van der Waals surface area contributed by atoms with Crippen LogP contribution < -0.4 is 0 Å². The fraction of sp³-hybridized carbons (Fsp3) is 0. The number of carboxylic acids is 1. The summed E-state index contributed by atoms with van der Waals surface area (Å²) in [6, 6.07) is 8.93. The SMILES string of the molecule is O=C(O)c1c(-c2ncccn2)[nH]c2ccccc12. The van der Waals surface area contributed by atoms with Gasteiger partial charge in [0.15, 0.2) is 5.82 Å². The topological polar surface area (TPSA) is 78.9 Å². The predicted octanol–water partition coefficient (Wildman–Crippen LogP) is 2.32. The maximum atomic E-state index is 11.4. The number of aromatic carboxylic acids is 1. The molecule has 3 aromatic rings. The number of benzene rings is 1. The minimum Gasteiger partial charge on any atom is -0.478 e. The molecular weight excluding hydrogens is 230 g/mol. The second kappa shape index (κ2) is 3.96. The highest BCUT2D eigenvalue weighted by Crippen LogP contribution is 2.27. The molecule has 0 atom stereocenters. The molecule has 18 heavy (non-hydrogen) atoms. The van der Waals surface area contributed by atoms with Crippen molar-refractivity contribution in [2.45, 2.75) is 0 Å². The van der Waals surface area contributed by atoms with Crippen molar-refractivity contribution in [3.63, 3.8) is 0 Å². The highest BCUT2D eigenvalue weighted by Gasteiger charge is 2.19. The maximum absolute atomic E-state index is 11.4. The summed E-state index contributed by atoms with van der Waals surface area (Å²) in [4.78, 5) is 22.6. The van der Waals surface area contributed by atoms with E-state index in [1.807, 2.05) is 12.1 Å². The first-order chi connectivity index (χ1) is 8.77. The van der Waals surface area contributed by atoms with Crippen LogP contribution in [0.2, 0.25) is 0 Å². The van der Waals surface area contributed by atoms with Gasteiger partial charge in [-0.2, -0.15) is 0 Å². The number of aromatic nitrogens is 3. The molecule has 0 aliphatic rings. The molecule has 0 amide bonds. The number of H-pyrrole nitrogens is 1. The maximum Gasteiger partial charge on any atom is 0.338 e. The van der Waals surface area contributed by atoms with Crippen LogP contribution in [-0.2, 0) is 0 Å². The molecule has 88 valence electrons. The molecule has 3 rings (SSSR count). The molecule has 5 heteroatoms. The molecule has 0 aliphatic carbocycles. The van der Waals surface area contributed by atoms with Gasteiger partial charge in [0, 0.05) is 23.3 Å². The molecule has 1 aromatic carbocycles. The molecule has 0 unspecified atom stereocenters. The van der Waals surface area contributed by atoms with Crippen LogP contribution in [0.3, 0.4) is 0 Å². The second-order valence-corrected chi connectivity index (χ2v) is 3.80. The predicted molar refractivity (Wildman–Crippen MR) is 66.3 cm³/mol. The van der Waals surface area contributed by atoms with Crippen molar-refractivity contribution in [3.05, 3.63) is 48.3 Å². The van der Waals surface area contributed by atoms with Crippen molar-refractivity contribution in [2.75, 3.05) is 0 Å². The van der Waals surface area contributed by atoms with E-state index in [0.29, 0.717) is 16.9 Å². The first-order valence-electron chi connectivity index (χ1n) is 5.39. The first kappa shape index (κ1) is 10.5. The second-order valence-electron chi connectivity index (χ2n) is 3.80. The number of rotatable bonds is 2. The lowest BCUT2D eigenvalue weighted by Gasteiger charge is -1.98. The largest absolute Gasteiger partial charge is 0.478 e. The van der Waals surface area contributed by atoms with Gasteiger partial charge in [-0.1, -0.05) is 18.2 Å². The molecule has 0 aliphatic heterocycles. The summed E-state index contributed by atoms with van der Waals surface area (Å²) in [6.07, 6.45) is 3.17. The van der Waals surface area contributed by atoms with E-state index in [4.69, 9.17) is 0 Å². The molecule has 2 heterocycles. The van der Waals surface area contributed by atoms with Gasteiger partial charge in [0.1, 0.15) is 0 Å². The van der Waals surface area contributed by atoms with E-state index in [1.54, 1.807) is 30.6 Å². The lowest BCUT2D eigenvalue weighted by atomic mass is 10.1. The number of carbonyl (C=O) groups is 1. The highest BCUT2D eigenvalue weighted by molar-refractivity contribution is 6.08. The first-order valence-corrected chi connectivity index (χ1v) is 5.39. The Morgan fingerprint density at radius 2 is 1.83 bits per heavy atom. The number of hydrogen-bond acceptors (Lipinski definition) is 3. The lowest BCUT2D eigenvalue weighted by molar-refractivity contribution is 0.0700. The van der Waals surface area contributed by atoms with Crippen molar-refractivity contribution >= 4 is 16.9 Å². The summed E-state index contributed by atoms with van der Waals surface area (Å²) >= 11 is 0. The normalized spacial score (nSPS) is 10.7. The van der Waals surface area contributed by atoms with E-state index in [0.717, 1.165) is 5.52 Å². The van der Waals surface area contributed by atoms with Gasteiger partial charge < -0.3 is 10.1 Å². The van der Waals surface area contributed by atoms with Gasteiger partial charge in [-0.05, 0) is 12.1 Å². The minimum absolute atomic E-state index is 0.205. The van der Waals surface area contributed by atoms with Crippen molar-refractivity contribution in [3.8, 4) is 11.5 Å². The fourth-order valence-corrected chi connectivity index (χ4v) is 1.96. The third-order valence-electron chi connectivity index (χ3n) is 2.71. The van der Waals surface area contributed by atoms with E-state index in [9.17, 15) is 9.90 Å². The van der Waals surface area contributed by atoms with Crippen molar-refractivity contribution < 1.29 is 9.90 Å². The molecule has 0 radical (unpaired) electrons. The molecule has 2 N–H and O–H groups in total. The third-order valence-corrected chi connectivity index (χ3v) is 2.71. The van der Waals surface area contributed by atoms with Gasteiger partial charge in [0.05, 0.1) is 11.3 Å². The van der Waals surface area contributed by atoms with E-state index >= 15 is 0 Å². The smallest absolute Gasteiger partial charge is 0.338 e. The summed E-state index contributed by atoms with van der Waals surface area (Å²) in [5.41, 5.74) is 1.40. The van der Waals surface area contributed by atoms with Crippen LogP contribution in [-0.4, -0.2) is 26.0 Å². The Balaban J connectivity index is 2.36. The quantitative estimate of drug-likeness (QED) is 0.719. The van der Waals surface area contributed by atoms with Gasteiger partial charge in [0.2, 0.25) is 0 Å². The Labute approximate surface area is 102 Å². The van der Waals surface area contributed by atoms with E-state index in [1.165, 1.54) is 0 Å². The molecule has 0 spiro atoms. The number of hydrogen-bond donors (Lipinski definition) is 2. The number of para-hydroxylation sites is 1. The molecule has 5 nitrogen and oxygen atoms in total. The van der Waals surface area contributed by atoms with Gasteiger partial charge in [-0.15, -0.1) is 0 Å². The number of nitrogens with one attached hydrogen (secondary N) is 1. The van der Waals surface area contributed by atoms with Crippen LogP contribution in [0.4, 0.5) is 0 Å². The van der Waals surface area contributed by atoms with Gasteiger partial charge >= 0.3 is 5.97 Å². The number of aromatic amines is 1. The van der Waals surface area contributed by atoms with E-state index in [-0.39, 0.29) is 5.56 Å². The highest BCUT2D eigenvalue weighted by atomic mass is 16.4. The number of nitrogens with zero attached hydrogens (tertiary/aromatic N) is 2. The summed E-state index contributed by atoms with van der Waals surface area (Å²) in [7, 11) is 0. The van der Waals surface area contributed by atoms with Crippen LogP contribution in [0.25, 0.3) is 22.4 Å². The Kier molecular flexibility index (Phi) is 2.30. The Hall–Kier alpha value is -2.69. The zero-order valence-electron chi connectivity index (χ0n) is 9.29. The average molecular weight is 239 g/mol. The Morgan fingerprint density at radius 3 is 2.56 bits per heavy atom. The lowest BCUT2D eigenvalue weighted by Crippen LogP contribution is -1.99. The fourth-order valence-electron chi connectivity index (χ4n) is 1.96. The third kappa shape index (κ3) is 1.53. The van der Waals surface area contributed by atoms with Crippen molar-refractivity contribution in [1.82, 2.24) is 15.0 Å².